The first-order chi connectivity index (χ1) is 11.5. The highest BCUT2D eigenvalue weighted by Gasteiger charge is 2.27. The van der Waals surface area contributed by atoms with Crippen LogP contribution in [0.3, 0.4) is 0 Å². The van der Waals surface area contributed by atoms with Gasteiger partial charge in [-0.3, -0.25) is 9.00 Å². The third-order valence-corrected chi connectivity index (χ3v) is 7.14. The molecule has 0 saturated heterocycles. The first-order valence-corrected chi connectivity index (χ1v) is 10.7. The first-order valence-electron chi connectivity index (χ1n) is 7.67. The Morgan fingerprint density at radius 3 is 3.04 bits per heavy atom. The van der Waals surface area contributed by atoms with E-state index in [1.54, 1.807) is 18.3 Å². The second-order valence-corrected chi connectivity index (χ2v) is 9.71. The van der Waals surface area contributed by atoms with Crippen LogP contribution in [0.1, 0.15) is 30.5 Å². The number of thiophene rings is 1. The molecule has 1 aromatic carbocycles. The maximum Gasteiger partial charge on any atom is 0.235 e. The summed E-state index contributed by atoms with van der Waals surface area (Å²) in [6, 6.07) is 9.58. The molecule has 0 radical (unpaired) electrons. The Labute approximate surface area is 156 Å². The molecule has 0 spiro atoms. The topological polar surface area (TPSA) is 55.4 Å². The molecule has 1 aromatic heterocycles. The Morgan fingerprint density at radius 1 is 1.50 bits per heavy atom. The van der Waals surface area contributed by atoms with Crippen LogP contribution in [0, 0.1) is 0 Å². The average Bonchev–Trinajstić information content (AvgIpc) is 2.99. The highest BCUT2D eigenvalue weighted by atomic mass is 79.9. The molecule has 2 heterocycles. The van der Waals surface area contributed by atoms with Gasteiger partial charge in [-0.2, -0.15) is 0 Å². The molecule has 1 amide bonds. The minimum Gasteiger partial charge on any atom is -0.493 e. The predicted octanol–water partition coefficient (Wildman–Crippen LogP) is 3.79. The molecule has 2 aromatic rings. The number of para-hydroxylation sites is 1. The van der Waals surface area contributed by atoms with E-state index in [0.717, 1.165) is 27.1 Å². The van der Waals surface area contributed by atoms with Gasteiger partial charge in [-0.25, -0.2) is 0 Å². The lowest BCUT2D eigenvalue weighted by Crippen LogP contribution is -2.39. The van der Waals surface area contributed by atoms with Crippen LogP contribution >= 0.6 is 27.3 Å². The molecule has 7 heteroatoms. The molecule has 0 fully saturated rings. The van der Waals surface area contributed by atoms with Crippen molar-refractivity contribution in [3.8, 4) is 5.75 Å². The van der Waals surface area contributed by atoms with Gasteiger partial charge in [0.15, 0.2) is 0 Å². The van der Waals surface area contributed by atoms with E-state index in [2.05, 4.69) is 21.2 Å². The highest BCUT2D eigenvalue weighted by Crippen LogP contribution is 2.31. The number of ether oxygens (including phenoxy) is 1. The van der Waals surface area contributed by atoms with Crippen molar-refractivity contribution >= 4 is 44.0 Å². The molecule has 0 aliphatic carbocycles. The lowest BCUT2D eigenvalue weighted by Gasteiger charge is -2.27. The van der Waals surface area contributed by atoms with E-state index in [4.69, 9.17) is 4.74 Å². The number of amides is 1. The maximum atomic E-state index is 12.5. The summed E-state index contributed by atoms with van der Waals surface area (Å²) in [5.74, 6) is 1.02. The first kappa shape index (κ1) is 17.6. The third-order valence-electron chi connectivity index (χ3n) is 3.97. The van der Waals surface area contributed by atoms with Crippen molar-refractivity contribution in [2.75, 3.05) is 6.61 Å². The molecule has 24 heavy (non-hydrogen) atoms. The normalized spacial score (nSPS) is 19.0. The van der Waals surface area contributed by atoms with Crippen LogP contribution in [0.15, 0.2) is 39.5 Å². The van der Waals surface area contributed by atoms with Crippen molar-refractivity contribution in [2.24, 2.45) is 0 Å². The van der Waals surface area contributed by atoms with Crippen molar-refractivity contribution in [3.63, 3.8) is 0 Å². The molecule has 1 N–H and O–H groups in total. The minimum absolute atomic E-state index is 0.0859. The summed E-state index contributed by atoms with van der Waals surface area (Å²) in [7, 11) is -1.25. The van der Waals surface area contributed by atoms with Crippen LogP contribution in [0.25, 0.3) is 0 Å². The molecular weight excluding hydrogens is 410 g/mol. The summed E-state index contributed by atoms with van der Waals surface area (Å²) in [5, 5.41) is 4.43. The Bertz CT molecular complexity index is 762. The van der Waals surface area contributed by atoms with E-state index in [1.165, 1.54) is 0 Å². The zero-order valence-corrected chi connectivity index (χ0v) is 16.4. The lowest BCUT2D eigenvalue weighted by molar-refractivity contribution is -0.121. The number of fused-ring (bicyclic) bond motifs is 1. The van der Waals surface area contributed by atoms with Crippen LogP contribution in [0.4, 0.5) is 0 Å². The molecule has 1 aliphatic rings. The van der Waals surface area contributed by atoms with E-state index >= 15 is 0 Å². The Balaban J connectivity index is 1.63. The summed E-state index contributed by atoms with van der Waals surface area (Å²) in [6.45, 7) is 2.29. The van der Waals surface area contributed by atoms with Crippen LogP contribution in [-0.2, 0) is 21.3 Å². The van der Waals surface area contributed by atoms with Crippen molar-refractivity contribution in [1.29, 1.82) is 0 Å². The molecule has 3 rings (SSSR count). The van der Waals surface area contributed by atoms with Gasteiger partial charge in [0.25, 0.3) is 0 Å². The fourth-order valence-electron chi connectivity index (χ4n) is 2.61. The molecule has 128 valence electrons. The van der Waals surface area contributed by atoms with E-state index in [-0.39, 0.29) is 11.9 Å². The van der Waals surface area contributed by atoms with Gasteiger partial charge < -0.3 is 10.1 Å². The number of carbonyl (C=O) groups is 1. The average molecular weight is 428 g/mol. The Kier molecular flexibility index (Phi) is 5.73. The third kappa shape index (κ3) is 4.07. The van der Waals surface area contributed by atoms with Crippen LogP contribution < -0.4 is 10.1 Å². The quantitative estimate of drug-likeness (QED) is 0.789. The Morgan fingerprint density at radius 2 is 2.29 bits per heavy atom. The van der Waals surface area contributed by atoms with Gasteiger partial charge in [-0.05, 0) is 45.9 Å². The van der Waals surface area contributed by atoms with Crippen molar-refractivity contribution in [2.45, 2.75) is 30.4 Å². The molecule has 4 nitrogen and oxygen atoms in total. The van der Waals surface area contributed by atoms with E-state index < -0.39 is 16.0 Å². The molecule has 1 aliphatic heterocycles. The van der Waals surface area contributed by atoms with Gasteiger partial charge in [0.05, 0.1) is 22.2 Å². The summed E-state index contributed by atoms with van der Waals surface area (Å²) in [5.41, 5.74) is 1.97. The van der Waals surface area contributed by atoms with Crippen LogP contribution in [-0.4, -0.2) is 22.0 Å². The second-order valence-electron chi connectivity index (χ2n) is 5.66. The van der Waals surface area contributed by atoms with Crippen molar-refractivity contribution in [3.05, 3.63) is 50.6 Å². The van der Waals surface area contributed by atoms with Crippen molar-refractivity contribution in [1.82, 2.24) is 5.32 Å². The van der Waals surface area contributed by atoms with Gasteiger partial charge in [0.1, 0.15) is 11.0 Å². The zero-order valence-electron chi connectivity index (χ0n) is 13.2. The number of halogens is 1. The number of hydrogen-bond donors (Lipinski definition) is 1. The number of rotatable bonds is 5. The van der Waals surface area contributed by atoms with E-state index in [1.807, 2.05) is 35.7 Å². The predicted molar refractivity (Wildman–Crippen MR) is 101 cm³/mol. The summed E-state index contributed by atoms with van der Waals surface area (Å²) in [6.07, 6.45) is 0.722. The largest absolute Gasteiger partial charge is 0.493 e. The van der Waals surface area contributed by atoms with Gasteiger partial charge in [0, 0.05) is 22.8 Å². The SMILES string of the molecule is C[C@H](C(=O)N[C@H]1CCOc2ccccc21)[S@@](=O)Cc1csc(Br)c1. The fraction of sp³-hybridized carbons (Fsp3) is 0.353. The monoisotopic (exact) mass is 427 g/mol. The second kappa shape index (κ2) is 7.80. The van der Waals surface area contributed by atoms with Gasteiger partial charge in [0.2, 0.25) is 5.91 Å². The van der Waals surface area contributed by atoms with E-state index in [9.17, 15) is 9.00 Å². The van der Waals surface area contributed by atoms with Gasteiger partial charge in [-0.15, -0.1) is 11.3 Å². The zero-order chi connectivity index (χ0) is 17.1. The minimum atomic E-state index is -1.25. The molecule has 0 unspecified atom stereocenters. The van der Waals surface area contributed by atoms with Gasteiger partial charge >= 0.3 is 0 Å². The standard InChI is InChI=1S/C17H18BrNO3S2/c1-11(24(21)10-12-8-16(18)23-9-12)17(20)19-14-6-7-22-15-5-3-2-4-13(14)15/h2-5,8-9,11,14H,6-7,10H2,1H3,(H,19,20)/t11-,14+,24+/m1/s1. The summed E-state index contributed by atoms with van der Waals surface area (Å²) in [4.78, 5) is 12.5. The summed E-state index contributed by atoms with van der Waals surface area (Å²) < 4.78 is 19.1. The summed E-state index contributed by atoms with van der Waals surface area (Å²) >= 11 is 4.95. The molecule has 0 saturated carbocycles. The lowest BCUT2D eigenvalue weighted by atomic mass is 10.0. The van der Waals surface area contributed by atoms with Crippen LogP contribution in [0.5, 0.6) is 5.75 Å². The number of benzene rings is 1. The number of carbonyl (C=O) groups excluding carboxylic acids is 1. The molecule has 3 atom stereocenters. The molecule has 0 bridgehead atoms. The van der Waals surface area contributed by atoms with Gasteiger partial charge in [-0.1, -0.05) is 18.2 Å². The molecular formula is C17H18BrNO3S2. The van der Waals surface area contributed by atoms with E-state index in [0.29, 0.717) is 12.4 Å². The highest BCUT2D eigenvalue weighted by molar-refractivity contribution is 9.11. The fourth-order valence-corrected chi connectivity index (χ4v) is 4.98. The smallest absolute Gasteiger partial charge is 0.235 e. The maximum absolute atomic E-state index is 12.5. The number of hydrogen-bond acceptors (Lipinski definition) is 4. The Hall–Kier alpha value is -1.18. The van der Waals surface area contributed by atoms with Crippen LogP contribution in [0.2, 0.25) is 0 Å². The van der Waals surface area contributed by atoms with Crippen molar-refractivity contribution < 1.29 is 13.7 Å². The number of nitrogens with one attached hydrogen (secondary N) is 1.